The Labute approximate surface area is 120 Å². The van der Waals surface area contributed by atoms with E-state index in [-0.39, 0.29) is 16.9 Å². The zero-order chi connectivity index (χ0) is 13.9. The lowest BCUT2D eigenvalue weighted by atomic mass is 10.1. The molecule has 4 nitrogen and oxygen atoms in total. The van der Waals surface area contributed by atoms with Crippen molar-refractivity contribution in [3.8, 4) is 0 Å². The molecule has 0 saturated carbocycles. The van der Waals surface area contributed by atoms with Crippen LogP contribution in [0, 0.1) is 0 Å². The molecule has 2 aromatic heterocycles. The first-order chi connectivity index (χ1) is 9.01. The summed E-state index contributed by atoms with van der Waals surface area (Å²) in [5.74, 6) is 0. The average molecular weight is 317 g/mol. The second-order valence-corrected chi connectivity index (χ2v) is 7.92. The van der Waals surface area contributed by atoms with Gasteiger partial charge in [0.05, 0.1) is 6.61 Å². The highest BCUT2D eigenvalue weighted by atomic mass is 32.2. The van der Waals surface area contributed by atoms with Crippen LogP contribution in [0.5, 0.6) is 0 Å². The average Bonchev–Trinajstić information content (AvgIpc) is 2.97. The van der Waals surface area contributed by atoms with Gasteiger partial charge in [0.1, 0.15) is 4.21 Å². The van der Waals surface area contributed by atoms with E-state index < -0.39 is 10.0 Å². The van der Waals surface area contributed by atoms with Gasteiger partial charge < -0.3 is 5.11 Å². The maximum Gasteiger partial charge on any atom is 0.250 e. The van der Waals surface area contributed by atoms with Gasteiger partial charge in [0.2, 0.25) is 10.0 Å². The summed E-state index contributed by atoms with van der Waals surface area (Å²) in [4.78, 5) is 0. The fraction of sp³-hybridized carbons (Fsp3) is 0.333. The second-order valence-electron chi connectivity index (χ2n) is 4.29. The van der Waals surface area contributed by atoms with Crippen molar-refractivity contribution in [2.24, 2.45) is 0 Å². The van der Waals surface area contributed by atoms with Crippen molar-refractivity contribution in [3.05, 3.63) is 39.4 Å². The van der Waals surface area contributed by atoms with E-state index in [0.29, 0.717) is 12.0 Å². The first kappa shape index (κ1) is 14.7. The molecule has 0 saturated heterocycles. The molecule has 0 amide bonds. The van der Waals surface area contributed by atoms with E-state index in [4.69, 9.17) is 5.11 Å². The smallest absolute Gasteiger partial charge is 0.250 e. The Bertz CT molecular complexity index is 616. The monoisotopic (exact) mass is 317 g/mol. The highest BCUT2D eigenvalue weighted by Crippen LogP contribution is 2.20. The van der Waals surface area contributed by atoms with Gasteiger partial charge in [-0.3, -0.25) is 0 Å². The second kappa shape index (κ2) is 6.15. The first-order valence-electron chi connectivity index (χ1n) is 5.73. The Morgan fingerprint density at radius 3 is 2.74 bits per heavy atom. The Balaban J connectivity index is 2.04. The summed E-state index contributed by atoms with van der Waals surface area (Å²) in [5, 5.41) is 14.6. The maximum atomic E-state index is 12.1. The van der Waals surface area contributed by atoms with E-state index in [1.165, 1.54) is 6.07 Å². The number of thiophene rings is 2. The van der Waals surface area contributed by atoms with Gasteiger partial charge in [0, 0.05) is 6.04 Å². The summed E-state index contributed by atoms with van der Waals surface area (Å²) in [7, 11) is -3.49. The topological polar surface area (TPSA) is 66.4 Å². The normalized spacial score (nSPS) is 13.6. The van der Waals surface area contributed by atoms with Crippen LogP contribution in [0.3, 0.4) is 0 Å². The molecule has 2 heterocycles. The van der Waals surface area contributed by atoms with E-state index in [0.717, 1.165) is 16.9 Å². The lowest BCUT2D eigenvalue weighted by Gasteiger charge is -2.12. The molecule has 104 valence electrons. The van der Waals surface area contributed by atoms with Crippen molar-refractivity contribution in [3.63, 3.8) is 0 Å². The lowest BCUT2D eigenvalue weighted by molar-refractivity contribution is 0.282. The minimum absolute atomic E-state index is 0.142. The van der Waals surface area contributed by atoms with Crippen LogP contribution in [0.15, 0.2) is 32.5 Å². The van der Waals surface area contributed by atoms with Gasteiger partial charge in [0.25, 0.3) is 0 Å². The van der Waals surface area contributed by atoms with Crippen LogP contribution in [0.1, 0.15) is 18.1 Å². The molecule has 2 aromatic rings. The number of aliphatic hydroxyl groups excluding tert-OH is 1. The molecule has 0 aliphatic heterocycles. The zero-order valence-corrected chi connectivity index (χ0v) is 12.8. The molecule has 19 heavy (non-hydrogen) atoms. The van der Waals surface area contributed by atoms with Crippen molar-refractivity contribution in [2.45, 2.75) is 30.2 Å². The van der Waals surface area contributed by atoms with E-state index in [1.54, 1.807) is 16.7 Å². The summed E-state index contributed by atoms with van der Waals surface area (Å²) in [5.41, 5.74) is 1.75. The van der Waals surface area contributed by atoms with Gasteiger partial charge in [-0.25, -0.2) is 13.1 Å². The molecule has 7 heteroatoms. The van der Waals surface area contributed by atoms with Crippen LogP contribution >= 0.6 is 22.7 Å². The molecule has 0 aliphatic carbocycles. The number of sulfonamides is 1. The number of rotatable bonds is 6. The molecular formula is C12H15NO3S3. The number of hydrogen-bond donors (Lipinski definition) is 2. The quantitative estimate of drug-likeness (QED) is 0.858. The molecule has 1 unspecified atom stereocenters. The minimum Gasteiger partial charge on any atom is -0.392 e. The highest BCUT2D eigenvalue weighted by Gasteiger charge is 2.19. The van der Waals surface area contributed by atoms with Gasteiger partial charge >= 0.3 is 0 Å². The third kappa shape index (κ3) is 3.87. The van der Waals surface area contributed by atoms with Crippen LogP contribution in [0.2, 0.25) is 0 Å². The molecule has 2 N–H and O–H groups in total. The molecule has 1 atom stereocenters. The lowest BCUT2D eigenvalue weighted by Crippen LogP contribution is -2.33. The van der Waals surface area contributed by atoms with Gasteiger partial charge in [0.15, 0.2) is 0 Å². The standard InChI is InChI=1S/C12H15NO3S3/c1-9(4-10-2-3-17-7-10)13-19(15,16)12-5-11(6-14)8-18-12/h2-3,5,7-9,13-14H,4,6H2,1H3. The fourth-order valence-electron chi connectivity index (χ4n) is 1.70. The van der Waals surface area contributed by atoms with E-state index in [2.05, 4.69) is 4.72 Å². The van der Waals surface area contributed by atoms with Crippen molar-refractivity contribution in [2.75, 3.05) is 0 Å². The molecule has 0 spiro atoms. The molecule has 0 aromatic carbocycles. The number of nitrogens with one attached hydrogen (secondary N) is 1. The third-order valence-corrected chi connectivity index (χ3v) is 6.37. The Hall–Kier alpha value is -0.730. The summed E-state index contributed by atoms with van der Waals surface area (Å²) in [6.07, 6.45) is 0.668. The fourth-order valence-corrected chi connectivity index (χ4v) is 4.85. The molecular weight excluding hydrogens is 302 g/mol. The van der Waals surface area contributed by atoms with E-state index in [1.807, 2.05) is 23.8 Å². The highest BCUT2D eigenvalue weighted by molar-refractivity contribution is 7.91. The van der Waals surface area contributed by atoms with Crippen molar-refractivity contribution in [1.82, 2.24) is 4.72 Å². The van der Waals surface area contributed by atoms with Gasteiger partial charge in [-0.2, -0.15) is 11.3 Å². The molecule has 0 radical (unpaired) electrons. The number of hydrogen-bond acceptors (Lipinski definition) is 5. The summed E-state index contributed by atoms with van der Waals surface area (Å²) >= 11 is 2.72. The Morgan fingerprint density at radius 1 is 1.37 bits per heavy atom. The van der Waals surface area contributed by atoms with E-state index >= 15 is 0 Å². The van der Waals surface area contributed by atoms with Crippen LogP contribution < -0.4 is 4.72 Å². The van der Waals surface area contributed by atoms with E-state index in [9.17, 15) is 8.42 Å². The Morgan fingerprint density at radius 2 is 2.16 bits per heavy atom. The van der Waals surface area contributed by atoms with Gasteiger partial charge in [-0.1, -0.05) is 0 Å². The predicted octanol–water partition coefficient (Wildman–Crippen LogP) is 2.21. The van der Waals surface area contributed by atoms with Crippen LogP contribution in [0.25, 0.3) is 0 Å². The van der Waals surface area contributed by atoms with Crippen LogP contribution in [0.4, 0.5) is 0 Å². The van der Waals surface area contributed by atoms with Crippen molar-refractivity contribution >= 4 is 32.7 Å². The largest absolute Gasteiger partial charge is 0.392 e. The Kier molecular flexibility index (Phi) is 4.75. The number of aliphatic hydroxyl groups is 1. The minimum atomic E-state index is -3.49. The molecule has 0 aliphatic rings. The van der Waals surface area contributed by atoms with Crippen molar-refractivity contribution < 1.29 is 13.5 Å². The molecule has 2 rings (SSSR count). The van der Waals surface area contributed by atoms with Crippen LogP contribution in [-0.2, 0) is 23.1 Å². The molecule has 0 bridgehead atoms. The maximum absolute atomic E-state index is 12.1. The predicted molar refractivity (Wildman–Crippen MR) is 78.0 cm³/mol. The first-order valence-corrected chi connectivity index (χ1v) is 9.03. The van der Waals surface area contributed by atoms with Gasteiger partial charge in [-0.15, -0.1) is 11.3 Å². The third-order valence-electron chi connectivity index (χ3n) is 2.56. The van der Waals surface area contributed by atoms with Crippen molar-refractivity contribution in [1.29, 1.82) is 0 Å². The summed E-state index contributed by atoms with van der Waals surface area (Å²) in [6.45, 7) is 1.70. The SMILES string of the molecule is CC(Cc1ccsc1)NS(=O)(=O)c1cc(CO)cs1. The van der Waals surface area contributed by atoms with Crippen LogP contribution in [-0.4, -0.2) is 19.6 Å². The zero-order valence-electron chi connectivity index (χ0n) is 10.4. The summed E-state index contributed by atoms with van der Waals surface area (Å²) in [6, 6.07) is 3.33. The van der Waals surface area contributed by atoms with Gasteiger partial charge in [-0.05, 0) is 52.7 Å². The summed E-state index contributed by atoms with van der Waals surface area (Å²) < 4.78 is 27.1. The molecule has 0 fully saturated rings.